The Bertz CT molecular complexity index is 20.9. The maximum absolute atomic E-state index is 3.17. The van der Waals surface area contributed by atoms with Crippen molar-refractivity contribution in [1.29, 1.82) is 0 Å². The molecule has 1 nitrogen and oxygen atoms in total. The molecule has 0 bridgehead atoms. The molecule has 0 saturated carbocycles. The molecule has 0 aromatic carbocycles. The van der Waals surface area contributed by atoms with Gasteiger partial charge in [-0.1, -0.05) is 0 Å². The van der Waals surface area contributed by atoms with Crippen molar-refractivity contribution in [3.05, 3.63) is 0 Å². The molecule has 0 aromatic rings. The Labute approximate surface area is 48.1 Å². The number of hydrogen-bond donors (Lipinski definition) is 1. The van der Waals surface area contributed by atoms with E-state index < -0.39 is 0 Å². The van der Waals surface area contributed by atoms with E-state index in [-0.39, 0.29) is 0 Å². The van der Waals surface area contributed by atoms with Gasteiger partial charge in [-0.2, -0.15) is 0 Å². The number of rotatable bonds is 1. The molecule has 0 spiro atoms. The zero-order valence-electron chi connectivity index (χ0n) is 3.58. The average Bonchev–Trinajstić information content (AvgIpc) is 1.38. The summed E-state index contributed by atoms with van der Waals surface area (Å²) in [7, 11) is 0. The second kappa shape index (κ2) is 3.04. The van der Waals surface area contributed by atoms with Gasteiger partial charge in [-0.15, -0.1) is 0 Å². The van der Waals surface area contributed by atoms with Gasteiger partial charge in [0.2, 0.25) is 0 Å². The average molecular weight is 237 g/mol. The van der Waals surface area contributed by atoms with E-state index in [1.807, 2.05) is 0 Å². The summed E-state index contributed by atoms with van der Waals surface area (Å²) >= 11 is 1.12. The fraction of sp³-hybridized carbons (Fsp3) is 1.00. The van der Waals surface area contributed by atoms with Crippen LogP contribution in [0.5, 0.6) is 0 Å². The molecule has 29 valence electrons. The third kappa shape index (κ3) is 4.83. The standard InChI is InChI=1S/C3H8N.Hf/c1-3(2)4;/h3-4H,1-2H3;/q-1;+1. The normalized spacial score (nSPS) is 9.20. The van der Waals surface area contributed by atoms with Gasteiger partial charge in [-0.25, -0.2) is 0 Å². The van der Waals surface area contributed by atoms with Crippen LogP contribution < -0.4 is 3.30 Å². The Hall–Kier alpha value is 0.830. The first-order valence-corrected chi connectivity index (χ1v) is 3.49. The van der Waals surface area contributed by atoms with Crippen LogP contribution in [0.4, 0.5) is 0 Å². The second-order valence-corrected chi connectivity index (χ2v) is 2.34. The van der Waals surface area contributed by atoms with Gasteiger partial charge in [0.15, 0.2) is 0 Å². The van der Waals surface area contributed by atoms with Gasteiger partial charge in [0.05, 0.1) is 0 Å². The zero-order valence-corrected chi connectivity index (χ0v) is 7.17. The van der Waals surface area contributed by atoms with Crippen LogP contribution in [0.2, 0.25) is 0 Å². The summed E-state index contributed by atoms with van der Waals surface area (Å²) in [5.74, 6) is 0. The molecule has 5 heavy (non-hydrogen) atoms. The Morgan fingerprint density at radius 2 is 1.80 bits per heavy atom. The number of nitrogens with one attached hydrogen (secondary N) is 1. The maximum atomic E-state index is 3.17. The van der Waals surface area contributed by atoms with Gasteiger partial charge in [0.1, 0.15) is 0 Å². The molecular weight excluding hydrogens is 229 g/mol. The van der Waals surface area contributed by atoms with Gasteiger partial charge in [-0.05, 0) is 0 Å². The molecular formula is C3H8HfN. The van der Waals surface area contributed by atoms with Crippen LogP contribution in [0.3, 0.4) is 0 Å². The Kier molecular flexibility index (Phi) is 3.54. The molecule has 0 heterocycles. The summed E-state index contributed by atoms with van der Waals surface area (Å²) in [6.07, 6.45) is 0. The van der Waals surface area contributed by atoms with Crippen LogP contribution >= 0.6 is 0 Å². The SMILES string of the molecule is CC(C)[NH][Hf]. The summed E-state index contributed by atoms with van der Waals surface area (Å²) in [4.78, 5) is 0. The first kappa shape index (κ1) is 5.83. The van der Waals surface area contributed by atoms with E-state index in [1.54, 1.807) is 0 Å². The van der Waals surface area contributed by atoms with Crippen LogP contribution in [0, 0.1) is 0 Å². The van der Waals surface area contributed by atoms with E-state index >= 15 is 0 Å². The van der Waals surface area contributed by atoms with E-state index in [1.165, 1.54) is 0 Å². The molecule has 0 aliphatic rings. The van der Waals surface area contributed by atoms with Crippen LogP contribution in [0.1, 0.15) is 13.8 Å². The quantitative estimate of drug-likeness (QED) is 0.652. The van der Waals surface area contributed by atoms with E-state index in [2.05, 4.69) is 17.2 Å². The van der Waals surface area contributed by atoms with Crippen molar-refractivity contribution in [1.82, 2.24) is 3.30 Å². The minimum atomic E-state index is 0.696. The summed E-state index contributed by atoms with van der Waals surface area (Å²) in [5.41, 5.74) is 0. The molecule has 0 radical (unpaired) electrons. The van der Waals surface area contributed by atoms with Crippen molar-refractivity contribution in [2.45, 2.75) is 19.9 Å². The van der Waals surface area contributed by atoms with E-state index in [9.17, 15) is 0 Å². The second-order valence-electron chi connectivity index (χ2n) is 1.30. The molecule has 0 amide bonds. The molecule has 0 aliphatic heterocycles. The van der Waals surface area contributed by atoms with E-state index in [0.717, 1.165) is 24.7 Å². The third-order valence-corrected chi connectivity index (χ3v) is 2.36. The summed E-state index contributed by atoms with van der Waals surface area (Å²) in [6.45, 7) is 4.29. The van der Waals surface area contributed by atoms with Gasteiger partial charge in [-0.3, -0.25) is 0 Å². The molecule has 0 atom stereocenters. The molecule has 0 aliphatic carbocycles. The van der Waals surface area contributed by atoms with Crippen molar-refractivity contribution in [3.63, 3.8) is 0 Å². The van der Waals surface area contributed by atoms with Crippen molar-refractivity contribution < 1.29 is 24.7 Å². The monoisotopic (exact) mass is 238 g/mol. The molecule has 0 fully saturated rings. The first-order chi connectivity index (χ1) is 2.27. The predicted octanol–water partition coefficient (Wildman–Crippen LogP) is 0.446. The fourth-order valence-corrected chi connectivity index (χ4v) is 0. The predicted molar refractivity (Wildman–Crippen MR) is 18.3 cm³/mol. The van der Waals surface area contributed by atoms with Crippen LogP contribution in [-0.2, 0) is 24.7 Å². The zero-order chi connectivity index (χ0) is 4.28. The molecule has 1 N–H and O–H groups in total. The number of hydrogen-bond acceptors (Lipinski definition) is 1. The molecule has 0 aromatic heterocycles. The van der Waals surface area contributed by atoms with Crippen molar-refractivity contribution in [3.8, 4) is 0 Å². The van der Waals surface area contributed by atoms with Crippen molar-refractivity contribution in [2.24, 2.45) is 0 Å². The summed E-state index contributed by atoms with van der Waals surface area (Å²) in [6, 6.07) is 0.696. The van der Waals surface area contributed by atoms with Crippen molar-refractivity contribution in [2.75, 3.05) is 0 Å². The first-order valence-electron chi connectivity index (χ1n) is 1.69. The topological polar surface area (TPSA) is 12.0 Å². The Morgan fingerprint density at radius 3 is 1.80 bits per heavy atom. The van der Waals surface area contributed by atoms with E-state index in [0.29, 0.717) is 6.04 Å². The molecule has 0 rings (SSSR count). The molecule has 0 unspecified atom stereocenters. The van der Waals surface area contributed by atoms with Gasteiger partial charge >= 0.3 is 47.9 Å². The van der Waals surface area contributed by atoms with E-state index in [4.69, 9.17) is 0 Å². The van der Waals surface area contributed by atoms with Crippen LogP contribution in [-0.4, -0.2) is 6.04 Å². The van der Waals surface area contributed by atoms with Gasteiger partial charge in [0.25, 0.3) is 0 Å². The fourth-order valence-electron chi connectivity index (χ4n) is 0. The molecule has 2 heteroatoms. The van der Waals surface area contributed by atoms with Crippen LogP contribution in [0.15, 0.2) is 0 Å². The minimum absolute atomic E-state index is 0.696. The Morgan fingerprint density at radius 1 is 1.60 bits per heavy atom. The van der Waals surface area contributed by atoms with Crippen LogP contribution in [0.25, 0.3) is 0 Å². The van der Waals surface area contributed by atoms with Gasteiger partial charge in [0, 0.05) is 0 Å². The molecule has 0 saturated heterocycles. The third-order valence-electron chi connectivity index (χ3n) is 0.289. The summed E-state index contributed by atoms with van der Waals surface area (Å²) < 4.78 is 3.17. The van der Waals surface area contributed by atoms with Gasteiger partial charge < -0.3 is 0 Å². The van der Waals surface area contributed by atoms with Crippen molar-refractivity contribution >= 4 is 0 Å². The Balaban J connectivity index is 2.54. The summed E-state index contributed by atoms with van der Waals surface area (Å²) in [5, 5.41) is 0.